The van der Waals surface area contributed by atoms with E-state index in [-0.39, 0.29) is 6.61 Å². The third kappa shape index (κ3) is 2.85. The minimum absolute atomic E-state index is 0.0927. The number of rotatable bonds is 4. The van der Waals surface area contributed by atoms with Gasteiger partial charge < -0.3 is 10.4 Å². The normalized spacial score (nSPS) is 10.5. The van der Waals surface area contributed by atoms with Crippen molar-refractivity contribution in [2.75, 3.05) is 5.32 Å². The third-order valence-electron chi connectivity index (χ3n) is 2.70. The molecule has 1 aromatic carbocycles. The van der Waals surface area contributed by atoms with Gasteiger partial charge in [0.15, 0.2) is 0 Å². The fraction of sp³-hybridized carbons (Fsp3) is 0.308. The van der Waals surface area contributed by atoms with Gasteiger partial charge in [0.25, 0.3) is 0 Å². The van der Waals surface area contributed by atoms with Crippen LogP contribution in [0.5, 0.6) is 0 Å². The van der Waals surface area contributed by atoms with E-state index in [9.17, 15) is 0 Å². The molecule has 0 spiro atoms. The standard InChI is InChI=1S/C13H17N3O/c1-10-13(8-16(2)15-10)14-7-11-3-5-12(9-17)6-4-11/h3-6,8,14,17H,7,9H2,1-2H3. The molecule has 2 aromatic rings. The van der Waals surface area contributed by atoms with Crippen LogP contribution >= 0.6 is 0 Å². The second-order valence-corrected chi connectivity index (χ2v) is 4.13. The first-order chi connectivity index (χ1) is 8.19. The monoisotopic (exact) mass is 231 g/mol. The smallest absolute Gasteiger partial charge is 0.0825 e. The van der Waals surface area contributed by atoms with Crippen LogP contribution in [0, 0.1) is 6.92 Å². The maximum Gasteiger partial charge on any atom is 0.0825 e. The summed E-state index contributed by atoms with van der Waals surface area (Å²) in [6.07, 6.45) is 1.97. The molecule has 4 heteroatoms. The lowest BCUT2D eigenvalue weighted by Gasteiger charge is -2.05. The molecule has 0 aliphatic rings. The van der Waals surface area contributed by atoms with Gasteiger partial charge in [-0.05, 0) is 18.1 Å². The van der Waals surface area contributed by atoms with E-state index in [0.717, 1.165) is 23.5 Å². The molecule has 0 bridgehead atoms. The minimum Gasteiger partial charge on any atom is -0.392 e. The first-order valence-corrected chi connectivity index (χ1v) is 5.62. The van der Waals surface area contributed by atoms with E-state index in [1.165, 1.54) is 5.56 Å². The highest BCUT2D eigenvalue weighted by Crippen LogP contribution is 2.13. The molecule has 0 saturated heterocycles. The van der Waals surface area contributed by atoms with Crippen molar-refractivity contribution < 1.29 is 5.11 Å². The summed E-state index contributed by atoms with van der Waals surface area (Å²) >= 11 is 0. The fourth-order valence-electron chi connectivity index (χ4n) is 1.73. The zero-order valence-corrected chi connectivity index (χ0v) is 10.1. The van der Waals surface area contributed by atoms with Gasteiger partial charge in [0.1, 0.15) is 0 Å². The first kappa shape index (κ1) is 11.7. The van der Waals surface area contributed by atoms with Gasteiger partial charge in [0.2, 0.25) is 0 Å². The predicted molar refractivity (Wildman–Crippen MR) is 67.6 cm³/mol. The van der Waals surface area contributed by atoms with Crippen LogP contribution < -0.4 is 5.32 Å². The molecule has 2 N–H and O–H groups in total. The molecule has 1 aromatic heterocycles. The van der Waals surface area contributed by atoms with Crippen molar-refractivity contribution in [1.82, 2.24) is 9.78 Å². The van der Waals surface area contributed by atoms with Crippen LogP contribution in [-0.2, 0) is 20.2 Å². The Morgan fingerprint density at radius 1 is 1.24 bits per heavy atom. The SMILES string of the molecule is Cc1nn(C)cc1NCc1ccc(CO)cc1. The molecule has 1 heterocycles. The van der Waals surface area contributed by atoms with Crippen molar-refractivity contribution in [2.24, 2.45) is 7.05 Å². The summed E-state index contributed by atoms with van der Waals surface area (Å²) in [6, 6.07) is 7.91. The molecule has 0 aliphatic carbocycles. The van der Waals surface area contributed by atoms with Gasteiger partial charge in [0.05, 0.1) is 18.0 Å². The minimum atomic E-state index is 0.0927. The van der Waals surface area contributed by atoms with Crippen molar-refractivity contribution in [3.63, 3.8) is 0 Å². The second kappa shape index (κ2) is 5.01. The van der Waals surface area contributed by atoms with E-state index in [1.54, 1.807) is 4.68 Å². The van der Waals surface area contributed by atoms with Gasteiger partial charge in [-0.25, -0.2) is 0 Å². The zero-order chi connectivity index (χ0) is 12.3. The number of nitrogens with zero attached hydrogens (tertiary/aromatic N) is 2. The lowest BCUT2D eigenvalue weighted by atomic mass is 10.1. The van der Waals surface area contributed by atoms with Crippen molar-refractivity contribution in [1.29, 1.82) is 0 Å². The fourth-order valence-corrected chi connectivity index (χ4v) is 1.73. The van der Waals surface area contributed by atoms with E-state index >= 15 is 0 Å². The van der Waals surface area contributed by atoms with Gasteiger partial charge in [-0.1, -0.05) is 24.3 Å². The Bertz CT molecular complexity index is 488. The largest absolute Gasteiger partial charge is 0.392 e. The molecule has 0 radical (unpaired) electrons. The van der Waals surface area contributed by atoms with Gasteiger partial charge in [0, 0.05) is 19.8 Å². The zero-order valence-electron chi connectivity index (χ0n) is 10.1. The van der Waals surface area contributed by atoms with Crippen LogP contribution in [-0.4, -0.2) is 14.9 Å². The molecular weight excluding hydrogens is 214 g/mol. The number of hydrogen-bond donors (Lipinski definition) is 2. The molecule has 0 fully saturated rings. The van der Waals surface area contributed by atoms with Crippen molar-refractivity contribution in [3.8, 4) is 0 Å². The predicted octanol–water partition coefficient (Wildman–Crippen LogP) is 1.83. The molecule has 90 valence electrons. The van der Waals surface area contributed by atoms with Gasteiger partial charge >= 0.3 is 0 Å². The number of anilines is 1. The Labute approximate surface area is 101 Å². The van der Waals surface area contributed by atoms with Crippen molar-refractivity contribution in [2.45, 2.75) is 20.1 Å². The highest BCUT2D eigenvalue weighted by atomic mass is 16.3. The average molecular weight is 231 g/mol. The Hall–Kier alpha value is -1.81. The summed E-state index contributed by atoms with van der Waals surface area (Å²) in [5, 5.41) is 16.6. The third-order valence-corrected chi connectivity index (χ3v) is 2.70. The lowest BCUT2D eigenvalue weighted by Crippen LogP contribution is -1.99. The summed E-state index contributed by atoms with van der Waals surface area (Å²) in [5.74, 6) is 0. The molecule has 0 amide bonds. The lowest BCUT2D eigenvalue weighted by molar-refractivity contribution is 0.282. The molecular formula is C13H17N3O. The molecule has 0 atom stereocenters. The second-order valence-electron chi connectivity index (χ2n) is 4.13. The quantitative estimate of drug-likeness (QED) is 0.844. The van der Waals surface area contributed by atoms with Crippen LogP contribution in [0.2, 0.25) is 0 Å². The van der Waals surface area contributed by atoms with Crippen LogP contribution in [0.1, 0.15) is 16.8 Å². The summed E-state index contributed by atoms with van der Waals surface area (Å²) in [7, 11) is 1.91. The highest BCUT2D eigenvalue weighted by Gasteiger charge is 2.02. The van der Waals surface area contributed by atoms with E-state index < -0.39 is 0 Å². The van der Waals surface area contributed by atoms with Crippen molar-refractivity contribution in [3.05, 3.63) is 47.3 Å². The Morgan fingerprint density at radius 3 is 2.41 bits per heavy atom. The van der Waals surface area contributed by atoms with Crippen LogP contribution in [0.15, 0.2) is 30.5 Å². The number of aliphatic hydroxyl groups excluding tert-OH is 1. The Balaban J connectivity index is 1.99. The van der Waals surface area contributed by atoms with Gasteiger partial charge in [-0.15, -0.1) is 0 Å². The maximum atomic E-state index is 8.95. The van der Waals surface area contributed by atoms with E-state index in [1.807, 2.05) is 44.4 Å². The number of aromatic nitrogens is 2. The Kier molecular flexibility index (Phi) is 3.44. The number of benzene rings is 1. The number of aliphatic hydroxyl groups is 1. The molecule has 0 saturated carbocycles. The van der Waals surface area contributed by atoms with Crippen LogP contribution in [0.25, 0.3) is 0 Å². The topological polar surface area (TPSA) is 50.1 Å². The van der Waals surface area contributed by atoms with Crippen LogP contribution in [0.3, 0.4) is 0 Å². The average Bonchev–Trinajstić information content (AvgIpc) is 2.66. The number of hydrogen-bond acceptors (Lipinski definition) is 3. The molecule has 0 aliphatic heterocycles. The summed E-state index contributed by atoms with van der Waals surface area (Å²) in [6.45, 7) is 2.84. The number of nitrogens with one attached hydrogen (secondary N) is 1. The Morgan fingerprint density at radius 2 is 1.88 bits per heavy atom. The molecule has 0 unspecified atom stereocenters. The molecule has 17 heavy (non-hydrogen) atoms. The first-order valence-electron chi connectivity index (χ1n) is 5.62. The van der Waals surface area contributed by atoms with E-state index in [2.05, 4.69) is 10.4 Å². The van der Waals surface area contributed by atoms with Crippen LogP contribution in [0.4, 0.5) is 5.69 Å². The van der Waals surface area contributed by atoms with Crippen molar-refractivity contribution >= 4 is 5.69 Å². The summed E-state index contributed by atoms with van der Waals surface area (Å²) in [4.78, 5) is 0. The van der Waals surface area contributed by atoms with E-state index in [0.29, 0.717) is 0 Å². The molecule has 2 rings (SSSR count). The van der Waals surface area contributed by atoms with Gasteiger partial charge in [-0.3, -0.25) is 4.68 Å². The highest BCUT2D eigenvalue weighted by molar-refractivity contribution is 5.46. The maximum absolute atomic E-state index is 8.95. The molecule has 4 nitrogen and oxygen atoms in total. The number of aryl methyl sites for hydroxylation is 2. The summed E-state index contributed by atoms with van der Waals surface area (Å²) in [5.41, 5.74) is 4.18. The van der Waals surface area contributed by atoms with E-state index in [4.69, 9.17) is 5.11 Å². The van der Waals surface area contributed by atoms with Gasteiger partial charge in [-0.2, -0.15) is 5.10 Å². The summed E-state index contributed by atoms with van der Waals surface area (Å²) < 4.78 is 1.80.